The third kappa shape index (κ3) is 3.55. The van der Waals surface area contributed by atoms with E-state index in [1.165, 1.54) is 14.2 Å². The number of rotatable bonds is 5. The molecule has 0 spiro atoms. The van der Waals surface area contributed by atoms with E-state index < -0.39 is 5.60 Å². The van der Waals surface area contributed by atoms with Crippen molar-refractivity contribution in [1.29, 1.82) is 0 Å². The van der Waals surface area contributed by atoms with Gasteiger partial charge in [-0.25, -0.2) is 0 Å². The number of hydrogen-bond acceptors (Lipinski definition) is 4. The van der Waals surface area contributed by atoms with E-state index in [0.29, 0.717) is 12.7 Å². The average molecular weight is 188 g/mol. The molecule has 0 amide bonds. The molecule has 0 heterocycles. The molecule has 0 rings (SSSR count). The van der Waals surface area contributed by atoms with E-state index in [4.69, 9.17) is 4.74 Å². The molecule has 0 fully saturated rings. The van der Waals surface area contributed by atoms with Crippen LogP contribution in [0.25, 0.3) is 0 Å². The lowest BCUT2D eigenvalue weighted by molar-refractivity contribution is -0.148. The molecule has 0 aliphatic carbocycles. The number of aldehydes is 1. The van der Waals surface area contributed by atoms with Crippen molar-refractivity contribution in [2.75, 3.05) is 14.2 Å². The Morgan fingerprint density at radius 3 is 2.38 bits per heavy atom. The van der Waals surface area contributed by atoms with E-state index in [-0.39, 0.29) is 11.9 Å². The minimum atomic E-state index is -0.895. The van der Waals surface area contributed by atoms with Crippen LogP contribution in [0, 0.1) is 5.92 Å². The first-order valence-electron chi connectivity index (χ1n) is 4.08. The maximum atomic E-state index is 11.0. The number of carbonyl (C=O) groups is 2. The summed E-state index contributed by atoms with van der Waals surface area (Å²) in [5.41, 5.74) is -0.895. The van der Waals surface area contributed by atoms with Gasteiger partial charge in [0.15, 0.2) is 6.29 Å². The monoisotopic (exact) mass is 188 g/mol. The molecule has 0 saturated heterocycles. The lowest BCUT2D eigenvalue weighted by atomic mass is 9.94. The van der Waals surface area contributed by atoms with Crippen molar-refractivity contribution in [1.82, 2.24) is 0 Å². The fourth-order valence-corrected chi connectivity index (χ4v) is 1.07. The predicted octanol–water partition coefficient (Wildman–Crippen LogP) is 0.790. The summed E-state index contributed by atoms with van der Waals surface area (Å²) in [6, 6.07) is 0. The van der Waals surface area contributed by atoms with Gasteiger partial charge in [-0.3, -0.25) is 4.79 Å². The number of esters is 1. The van der Waals surface area contributed by atoms with Crippen LogP contribution in [-0.2, 0) is 19.1 Å². The summed E-state index contributed by atoms with van der Waals surface area (Å²) in [6.45, 7) is 3.34. The Morgan fingerprint density at radius 1 is 1.54 bits per heavy atom. The molecule has 0 bridgehead atoms. The molecular weight excluding hydrogens is 172 g/mol. The molecule has 4 heteroatoms. The molecule has 0 aliphatic heterocycles. The normalized spacial score (nSPS) is 17.2. The molecule has 0 saturated carbocycles. The Labute approximate surface area is 78.2 Å². The maximum Gasteiger partial charge on any atom is 0.308 e. The third-order valence-electron chi connectivity index (χ3n) is 2.03. The van der Waals surface area contributed by atoms with E-state index in [2.05, 4.69) is 4.74 Å². The second-order valence-corrected chi connectivity index (χ2v) is 3.26. The summed E-state index contributed by atoms with van der Waals surface area (Å²) in [4.78, 5) is 21.7. The Balaban J connectivity index is 4.24. The van der Waals surface area contributed by atoms with Crippen molar-refractivity contribution >= 4 is 12.3 Å². The summed E-state index contributed by atoms with van der Waals surface area (Å²) in [5, 5.41) is 0. The summed E-state index contributed by atoms with van der Waals surface area (Å²) in [5.74, 6) is -0.662. The third-order valence-corrected chi connectivity index (χ3v) is 2.03. The van der Waals surface area contributed by atoms with Crippen LogP contribution >= 0.6 is 0 Å². The summed E-state index contributed by atoms with van der Waals surface area (Å²) in [6.07, 6.45) is 1.03. The van der Waals surface area contributed by atoms with Gasteiger partial charge in [-0.15, -0.1) is 0 Å². The average Bonchev–Trinajstić information content (AvgIpc) is 2.16. The topological polar surface area (TPSA) is 52.6 Å². The van der Waals surface area contributed by atoms with Crippen molar-refractivity contribution in [3.05, 3.63) is 0 Å². The number of ether oxygens (including phenoxy) is 2. The molecule has 0 aliphatic rings. The zero-order chi connectivity index (χ0) is 10.5. The summed E-state index contributed by atoms with van der Waals surface area (Å²) in [7, 11) is 2.77. The highest BCUT2D eigenvalue weighted by molar-refractivity contribution is 5.73. The fraction of sp³-hybridized carbons (Fsp3) is 0.778. The first-order chi connectivity index (χ1) is 5.99. The van der Waals surface area contributed by atoms with Gasteiger partial charge in [0.1, 0.15) is 5.60 Å². The van der Waals surface area contributed by atoms with Crippen LogP contribution < -0.4 is 0 Å². The quantitative estimate of drug-likeness (QED) is 0.473. The minimum Gasteiger partial charge on any atom is -0.469 e. The van der Waals surface area contributed by atoms with E-state index in [1.54, 1.807) is 13.8 Å². The summed E-state index contributed by atoms with van der Waals surface area (Å²) < 4.78 is 9.51. The smallest absolute Gasteiger partial charge is 0.308 e. The van der Waals surface area contributed by atoms with Gasteiger partial charge in [-0.05, 0) is 13.3 Å². The minimum absolute atomic E-state index is 0.329. The van der Waals surface area contributed by atoms with Crippen LogP contribution in [-0.4, -0.2) is 32.1 Å². The van der Waals surface area contributed by atoms with Gasteiger partial charge < -0.3 is 14.3 Å². The van der Waals surface area contributed by atoms with Gasteiger partial charge in [0.05, 0.1) is 13.0 Å². The Morgan fingerprint density at radius 2 is 2.08 bits per heavy atom. The fourth-order valence-electron chi connectivity index (χ4n) is 1.07. The largest absolute Gasteiger partial charge is 0.469 e. The van der Waals surface area contributed by atoms with E-state index in [9.17, 15) is 9.59 Å². The first-order valence-corrected chi connectivity index (χ1v) is 4.08. The van der Waals surface area contributed by atoms with Gasteiger partial charge in [-0.1, -0.05) is 6.92 Å². The standard InChI is InChI=1S/C9H16O4/c1-7(8(11)12-3)5-9(2,6-10)13-4/h6-7H,5H2,1-4H3/t7-,9-/m0/s1. The Hall–Kier alpha value is -0.900. The maximum absolute atomic E-state index is 11.0. The molecule has 0 radical (unpaired) electrons. The first kappa shape index (κ1) is 12.1. The van der Waals surface area contributed by atoms with Gasteiger partial charge in [0.2, 0.25) is 0 Å². The number of hydrogen-bond donors (Lipinski definition) is 0. The van der Waals surface area contributed by atoms with Crippen molar-refractivity contribution in [3.63, 3.8) is 0 Å². The summed E-state index contributed by atoms with van der Waals surface area (Å²) >= 11 is 0. The van der Waals surface area contributed by atoms with Crippen LogP contribution in [0.1, 0.15) is 20.3 Å². The van der Waals surface area contributed by atoms with E-state index >= 15 is 0 Å². The van der Waals surface area contributed by atoms with Crippen LogP contribution in [0.2, 0.25) is 0 Å². The second kappa shape index (κ2) is 4.97. The highest BCUT2D eigenvalue weighted by atomic mass is 16.5. The van der Waals surface area contributed by atoms with E-state index in [1.807, 2.05) is 0 Å². The highest BCUT2D eigenvalue weighted by Gasteiger charge is 2.29. The Kier molecular flexibility index (Phi) is 4.62. The van der Waals surface area contributed by atoms with Gasteiger partial charge in [0, 0.05) is 7.11 Å². The molecule has 76 valence electrons. The lowest BCUT2D eigenvalue weighted by Crippen LogP contribution is -2.33. The molecule has 2 atom stereocenters. The number of carbonyl (C=O) groups excluding carboxylic acids is 2. The van der Waals surface area contributed by atoms with Gasteiger partial charge >= 0.3 is 5.97 Å². The molecule has 0 N–H and O–H groups in total. The van der Waals surface area contributed by atoms with Crippen molar-refractivity contribution in [3.8, 4) is 0 Å². The van der Waals surface area contributed by atoms with Crippen LogP contribution in [0.3, 0.4) is 0 Å². The SMILES string of the molecule is COC(=O)[C@@H](C)C[C@@](C)(C=O)OC. The van der Waals surface area contributed by atoms with Gasteiger partial charge in [0.25, 0.3) is 0 Å². The molecule has 13 heavy (non-hydrogen) atoms. The number of methoxy groups -OCH3 is 2. The van der Waals surface area contributed by atoms with E-state index in [0.717, 1.165) is 0 Å². The zero-order valence-electron chi connectivity index (χ0n) is 8.49. The van der Waals surface area contributed by atoms with Crippen molar-refractivity contribution < 1.29 is 19.1 Å². The molecule has 4 nitrogen and oxygen atoms in total. The molecule has 0 aromatic heterocycles. The van der Waals surface area contributed by atoms with Crippen LogP contribution in [0.15, 0.2) is 0 Å². The second-order valence-electron chi connectivity index (χ2n) is 3.26. The Bertz CT molecular complexity index is 190. The zero-order valence-corrected chi connectivity index (χ0v) is 8.49. The molecule has 0 aromatic rings. The molecule has 0 unspecified atom stereocenters. The lowest BCUT2D eigenvalue weighted by Gasteiger charge is -2.23. The van der Waals surface area contributed by atoms with Crippen LogP contribution in [0.5, 0.6) is 0 Å². The molecular formula is C9H16O4. The van der Waals surface area contributed by atoms with Crippen molar-refractivity contribution in [2.24, 2.45) is 5.92 Å². The van der Waals surface area contributed by atoms with Crippen LogP contribution in [0.4, 0.5) is 0 Å². The molecule has 0 aromatic carbocycles. The van der Waals surface area contributed by atoms with Gasteiger partial charge in [-0.2, -0.15) is 0 Å². The highest BCUT2D eigenvalue weighted by Crippen LogP contribution is 2.18. The van der Waals surface area contributed by atoms with Crippen molar-refractivity contribution in [2.45, 2.75) is 25.9 Å². The predicted molar refractivity (Wildman–Crippen MR) is 47.3 cm³/mol.